The number of nitrogens with one attached hydrogen (secondary N) is 2. The Labute approximate surface area is 88.2 Å². The van der Waals surface area contributed by atoms with E-state index in [9.17, 15) is 0 Å². The molecule has 0 amide bonds. The summed E-state index contributed by atoms with van der Waals surface area (Å²) in [5.41, 5.74) is 2.49. The third-order valence-corrected chi connectivity index (χ3v) is 2.82. The van der Waals surface area contributed by atoms with Gasteiger partial charge in [-0.25, -0.2) is 0 Å². The molecule has 0 unspecified atom stereocenters. The van der Waals surface area contributed by atoms with E-state index in [1.54, 1.807) is 6.20 Å². The van der Waals surface area contributed by atoms with Crippen molar-refractivity contribution in [2.24, 2.45) is 4.99 Å². The molecular weight excluding hydrogens is 186 g/mol. The van der Waals surface area contributed by atoms with E-state index >= 15 is 0 Å². The van der Waals surface area contributed by atoms with E-state index < -0.39 is 0 Å². The minimum atomic E-state index is 0.957. The van der Waals surface area contributed by atoms with Gasteiger partial charge in [0.05, 0.1) is 11.0 Å². The maximum Gasteiger partial charge on any atom is 0.0868 e. The SMILES string of the molecule is C1=CNc2cc3c(cc2=N1)CCNCC=3. The van der Waals surface area contributed by atoms with Crippen molar-refractivity contribution in [2.75, 3.05) is 18.4 Å². The Kier molecular flexibility index (Phi) is 2.03. The fourth-order valence-electron chi connectivity index (χ4n) is 2.03. The molecule has 0 radical (unpaired) electrons. The van der Waals surface area contributed by atoms with Crippen LogP contribution in [0.4, 0.5) is 5.69 Å². The molecule has 0 bridgehead atoms. The van der Waals surface area contributed by atoms with Gasteiger partial charge in [-0.1, -0.05) is 6.08 Å². The van der Waals surface area contributed by atoms with Gasteiger partial charge in [0.2, 0.25) is 0 Å². The van der Waals surface area contributed by atoms with Gasteiger partial charge in [-0.3, -0.25) is 4.99 Å². The van der Waals surface area contributed by atoms with Crippen LogP contribution in [-0.2, 0) is 6.42 Å². The van der Waals surface area contributed by atoms with E-state index in [1.807, 2.05) is 6.20 Å². The van der Waals surface area contributed by atoms with Gasteiger partial charge >= 0.3 is 0 Å². The fourth-order valence-corrected chi connectivity index (χ4v) is 2.03. The summed E-state index contributed by atoms with van der Waals surface area (Å²) in [6, 6.07) is 4.37. The Morgan fingerprint density at radius 1 is 1.27 bits per heavy atom. The zero-order chi connectivity index (χ0) is 10.1. The van der Waals surface area contributed by atoms with Crippen LogP contribution in [0, 0.1) is 0 Å². The molecule has 2 heterocycles. The highest BCUT2D eigenvalue weighted by Gasteiger charge is 2.05. The maximum atomic E-state index is 4.35. The quantitative estimate of drug-likeness (QED) is 0.623. The predicted molar refractivity (Wildman–Crippen MR) is 61.0 cm³/mol. The first-order chi connectivity index (χ1) is 7.43. The van der Waals surface area contributed by atoms with Gasteiger partial charge in [-0.15, -0.1) is 0 Å². The Balaban J connectivity index is 2.25. The van der Waals surface area contributed by atoms with Crippen LogP contribution in [0.1, 0.15) is 5.56 Å². The summed E-state index contributed by atoms with van der Waals surface area (Å²) in [5.74, 6) is 0. The van der Waals surface area contributed by atoms with Crippen molar-refractivity contribution in [2.45, 2.75) is 6.42 Å². The first kappa shape index (κ1) is 8.68. The van der Waals surface area contributed by atoms with Crippen LogP contribution in [0.3, 0.4) is 0 Å². The summed E-state index contributed by atoms with van der Waals surface area (Å²) in [6.45, 7) is 2.00. The summed E-state index contributed by atoms with van der Waals surface area (Å²) in [4.78, 5) is 4.35. The van der Waals surface area contributed by atoms with Gasteiger partial charge in [0.25, 0.3) is 0 Å². The van der Waals surface area contributed by atoms with Crippen molar-refractivity contribution in [3.8, 4) is 0 Å². The molecule has 15 heavy (non-hydrogen) atoms. The molecule has 0 aliphatic carbocycles. The van der Waals surface area contributed by atoms with Gasteiger partial charge in [0, 0.05) is 18.9 Å². The number of hydrogen-bond acceptors (Lipinski definition) is 3. The van der Waals surface area contributed by atoms with Gasteiger partial charge in [0.1, 0.15) is 0 Å². The van der Waals surface area contributed by atoms with Crippen LogP contribution in [0.5, 0.6) is 0 Å². The third kappa shape index (κ3) is 1.55. The second-order valence-electron chi connectivity index (χ2n) is 3.82. The van der Waals surface area contributed by atoms with Crippen molar-refractivity contribution in [1.29, 1.82) is 0 Å². The minimum Gasteiger partial charge on any atom is -0.358 e. The lowest BCUT2D eigenvalue weighted by Crippen LogP contribution is -2.20. The molecule has 3 heteroatoms. The first-order valence-corrected chi connectivity index (χ1v) is 5.27. The van der Waals surface area contributed by atoms with E-state index in [-0.39, 0.29) is 0 Å². The van der Waals surface area contributed by atoms with E-state index in [0.29, 0.717) is 0 Å². The molecule has 2 N–H and O–H groups in total. The molecule has 3 rings (SSSR count). The summed E-state index contributed by atoms with van der Waals surface area (Å²) >= 11 is 0. The molecule has 0 saturated heterocycles. The lowest BCUT2D eigenvalue weighted by atomic mass is 10.1. The second-order valence-corrected chi connectivity index (χ2v) is 3.82. The maximum absolute atomic E-state index is 4.35. The molecule has 0 spiro atoms. The largest absolute Gasteiger partial charge is 0.358 e. The standard InChI is InChI=1S/C12H13N3/c1-3-13-4-2-10-8-12-11(7-9(1)10)14-5-6-15-12/h1,5-8,13-14H,2-4H2. The highest BCUT2D eigenvalue weighted by atomic mass is 14.9. The van der Waals surface area contributed by atoms with Gasteiger partial charge in [-0.2, -0.15) is 0 Å². The summed E-state index contributed by atoms with van der Waals surface area (Å²) in [6.07, 6.45) is 6.98. The fraction of sp³-hybridized carbons (Fsp3) is 0.250. The van der Waals surface area contributed by atoms with Crippen LogP contribution in [0.2, 0.25) is 0 Å². The average molecular weight is 199 g/mol. The van der Waals surface area contributed by atoms with E-state index in [0.717, 1.165) is 30.6 Å². The van der Waals surface area contributed by atoms with Crippen molar-refractivity contribution in [3.05, 3.63) is 40.7 Å². The first-order valence-electron chi connectivity index (χ1n) is 5.27. The molecule has 0 saturated carbocycles. The molecule has 0 aromatic heterocycles. The number of rotatable bonds is 0. The molecule has 0 fully saturated rings. The number of hydrogen-bond donors (Lipinski definition) is 2. The van der Waals surface area contributed by atoms with Crippen LogP contribution in [0.15, 0.2) is 29.5 Å². The topological polar surface area (TPSA) is 36.4 Å². The molecule has 0 atom stereocenters. The Morgan fingerprint density at radius 2 is 2.27 bits per heavy atom. The van der Waals surface area contributed by atoms with Gasteiger partial charge in [-0.05, 0) is 35.9 Å². The zero-order valence-corrected chi connectivity index (χ0v) is 8.46. The smallest absolute Gasteiger partial charge is 0.0868 e. The van der Waals surface area contributed by atoms with Crippen molar-refractivity contribution in [1.82, 2.24) is 5.32 Å². The highest BCUT2D eigenvalue weighted by Crippen LogP contribution is 2.03. The van der Waals surface area contributed by atoms with E-state index in [4.69, 9.17) is 0 Å². The minimum absolute atomic E-state index is 0.957. The van der Waals surface area contributed by atoms with E-state index in [1.165, 1.54) is 10.8 Å². The molecule has 3 nitrogen and oxygen atoms in total. The third-order valence-electron chi connectivity index (χ3n) is 2.82. The summed E-state index contributed by atoms with van der Waals surface area (Å²) < 4.78 is 0. The van der Waals surface area contributed by atoms with E-state index in [2.05, 4.69) is 33.8 Å². The number of fused-ring (bicyclic) bond motifs is 2. The van der Waals surface area contributed by atoms with Crippen LogP contribution in [-0.4, -0.2) is 13.1 Å². The molecule has 1 aromatic carbocycles. The lowest BCUT2D eigenvalue weighted by molar-refractivity contribution is 0.766. The molecular formula is C12H13N3. The monoisotopic (exact) mass is 199 g/mol. The van der Waals surface area contributed by atoms with Crippen molar-refractivity contribution in [3.63, 3.8) is 0 Å². The zero-order valence-electron chi connectivity index (χ0n) is 8.46. The normalized spacial score (nSPS) is 17.6. The number of benzene rings is 1. The van der Waals surface area contributed by atoms with Crippen LogP contribution < -0.4 is 21.2 Å². The van der Waals surface area contributed by atoms with Crippen LogP contribution >= 0.6 is 0 Å². The van der Waals surface area contributed by atoms with Gasteiger partial charge in [0.15, 0.2) is 0 Å². The molecule has 2 aliphatic heterocycles. The summed E-state index contributed by atoms with van der Waals surface area (Å²) in [5, 5.41) is 8.96. The van der Waals surface area contributed by atoms with Gasteiger partial charge < -0.3 is 10.6 Å². The van der Waals surface area contributed by atoms with Crippen molar-refractivity contribution >= 4 is 11.8 Å². The molecule has 76 valence electrons. The average Bonchev–Trinajstić information content (AvgIpc) is 2.50. The van der Waals surface area contributed by atoms with Crippen molar-refractivity contribution < 1.29 is 0 Å². The van der Waals surface area contributed by atoms with Crippen LogP contribution in [0.25, 0.3) is 6.08 Å². The second kappa shape index (κ2) is 3.51. The Hall–Kier alpha value is -1.61. The Morgan fingerprint density at radius 3 is 3.27 bits per heavy atom. The number of nitrogens with zero attached hydrogens (tertiary/aromatic N) is 1. The highest BCUT2D eigenvalue weighted by molar-refractivity contribution is 5.51. The Bertz CT molecular complexity index is 529. The molecule has 2 aliphatic rings. The lowest BCUT2D eigenvalue weighted by Gasteiger charge is -2.07. The number of anilines is 1. The summed E-state index contributed by atoms with van der Waals surface area (Å²) in [7, 11) is 0. The predicted octanol–water partition coefficient (Wildman–Crippen LogP) is 0.129. The molecule has 1 aromatic rings.